The van der Waals surface area contributed by atoms with Crippen LogP contribution in [0.1, 0.15) is 0 Å². The van der Waals surface area contributed by atoms with E-state index in [0.29, 0.717) is 11.4 Å². The summed E-state index contributed by atoms with van der Waals surface area (Å²) in [6, 6.07) is 10.0. The molecule has 1 heterocycles. The summed E-state index contributed by atoms with van der Waals surface area (Å²) < 4.78 is 46.3. The van der Waals surface area contributed by atoms with Crippen molar-refractivity contribution in [2.24, 2.45) is 0 Å². The minimum atomic E-state index is -3.87. The summed E-state index contributed by atoms with van der Waals surface area (Å²) in [6.07, 6.45) is 0. The predicted octanol–water partition coefficient (Wildman–Crippen LogP) is 2.39. The van der Waals surface area contributed by atoms with Gasteiger partial charge in [-0.1, -0.05) is 6.07 Å². The van der Waals surface area contributed by atoms with Gasteiger partial charge in [0.05, 0.1) is 23.4 Å². The number of benzene rings is 2. The summed E-state index contributed by atoms with van der Waals surface area (Å²) in [7, 11) is -0.213. The number of rotatable bonds is 5. The molecule has 0 aromatic heterocycles. The maximum absolute atomic E-state index is 13.4. The van der Waals surface area contributed by atoms with Crippen molar-refractivity contribution in [1.29, 1.82) is 0 Å². The Morgan fingerprint density at radius 2 is 1.81 bits per heavy atom. The molecule has 3 rings (SSSR count). The zero-order valence-electron chi connectivity index (χ0n) is 14.8. The van der Waals surface area contributed by atoms with Crippen molar-refractivity contribution in [1.82, 2.24) is 4.90 Å². The normalized spacial score (nSPS) is 15.7. The topological polar surface area (TPSA) is 61.9 Å². The Bertz CT molecular complexity index is 881. The SMILES string of the molecule is COc1ccc(NS(=O)(=O)c2cccc(F)c2)cc1N1CCN(C)CC1. The fourth-order valence-corrected chi connectivity index (χ4v) is 3.98. The fraction of sp³-hybridized carbons (Fsp3) is 0.333. The van der Waals surface area contributed by atoms with Gasteiger partial charge in [-0.2, -0.15) is 0 Å². The lowest BCUT2D eigenvalue weighted by Crippen LogP contribution is -2.44. The number of hydrogen-bond donors (Lipinski definition) is 1. The van der Waals surface area contributed by atoms with Crippen molar-refractivity contribution < 1.29 is 17.5 Å². The van der Waals surface area contributed by atoms with E-state index in [1.54, 1.807) is 25.3 Å². The Labute approximate surface area is 153 Å². The van der Waals surface area contributed by atoms with E-state index in [4.69, 9.17) is 4.74 Å². The molecule has 6 nitrogen and oxygen atoms in total. The third-order valence-corrected chi connectivity index (χ3v) is 5.76. The van der Waals surface area contributed by atoms with Gasteiger partial charge >= 0.3 is 0 Å². The molecule has 1 N–H and O–H groups in total. The highest BCUT2D eigenvalue weighted by molar-refractivity contribution is 7.92. The molecule has 0 aliphatic carbocycles. The molecule has 26 heavy (non-hydrogen) atoms. The average molecular weight is 379 g/mol. The molecule has 8 heteroatoms. The quantitative estimate of drug-likeness (QED) is 0.864. The number of halogens is 1. The largest absolute Gasteiger partial charge is 0.495 e. The molecule has 2 aromatic rings. The molecule has 0 saturated carbocycles. The number of hydrogen-bond acceptors (Lipinski definition) is 5. The van der Waals surface area contributed by atoms with Gasteiger partial charge in [0.1, 0.15) is 11.6 Å². The second-order valence-corrected chi connectivity index (χ2v) is 7.92. The molecule has 0 unspecified atom stereocenters. The highest BCUT2D eigenvalue weighted by Gasteiger charge is 2.20. The van der Waals surface area contributed by atoms with Gasteiger partial charge in [0.25, 0.3) is 10.0 Å². The number of sulfonamides is 1. The van der Waals surface area contributed by atoms with Gasteiger partial charge in [-0.25, -0.2) is 12.8 Å². The number of methoxy groups -OCH3 is 1. The Morgan fingerprint density at radius 1 is 1.08 bits per heavy atom. The Hall–Kier alpha value is -2.32. The van der Waals surface area contributed by atoms with Crippen LogP contribution in [0, 0.1) is 5.82 Å². The highest BCUT2D eigenvalue weighted by atomic mass is 32.2. The summed E-state index contributed by atoms with van der Waals surface area (Å²) in [4.78, 5) is 4.28. The van der Waals surface area contributed by atoms with Crippen LogP contribution in [0.2, 0.25) is 0 Å². The first kappa shape index (κ1) is 18.5. The van der Waals surface area contributed by atoms with Gasteiger partial charge in [0.15, 0.2) is 0 Å². The van der Waals surface area contributed by atoms with Crippen LogP contribution in [0.15, 0.2) is 47.4 Å². The number of ether oxygens (including phenoxy) is 1. The van der Waals surface area contributed by atoms with E-state index >= 15 is 0 Å². The van der Waals surface area contributed by atoms with Crippen LogP contribution in [0.3, 0.4) is 0 Å². The number of piperazine rings is 1. The molecule has 1 aliphatic rings. The number of nitrogens with one attached hydrogen (secondary N) is 1. The van der Waals surface area contributed by atoms with E-state index < -0.39 is 15.8 Å². The first-order chi connectivity index (χ1) is 12.4. The molecule has 0 radical (unpaired) electrons. The molecular weight excluding hydrogens is 357 g/mol. The molecule has 0 bridgehead atoms. The summed E-state index contributed by atoms with van der Waals surface area (Å²) in [5, 5.41) is 0. The van der Waals surface area contributed by atoms with E-state index in [1.807, 2.05) is 0 Å². The van der Waals surface area contributed by atoms with E-state index in [1.165, 1.54) is 18.2 Å². The van der Waals surface area contributed by atoms with Gasteiger partial charge in [-0.05, 0) is 43.4 Å². The zero-order valence-corrected chi connectivity index (χ0v) is 15.6. The number of likely N-dealkylation sites (N-methyl/N-ethyl adjacent to an activating group) is 1. The maximum Gasteiger partial charge on any atom is 0.261 e. The summed E-state index contributed by atoms with van der Waals surface area (Å²) in [5.74, 6) is 0.0870. The van der Waals surface area contributed by atoms with Crippen molar-refractivity contribution in [2.45, 2.75) is 4.90 Å². The monoisotopic (exact) mass is 379 g/mol. The van der Waals surface area contributed by atoms with Gasteiger partial charge in [-0.15, -0.1) is 0 Å². The molecule has 0 spiro atoms. The zero-order chi connectivity index (χ0) is 18.7. The molecule has 1 saturated heterocycles. The summed E-state index contributed by atoms with van der Waals surface area (Å²) in [6.45, 7) is 3.49. The Kier molecular flexibility index (Phi) is 5.33. The van der Waals surface area contributed by atoms with E-state index in [2.05, 4.69) is 21.6 Å². The minimum absolute atomic E-state index is 0.116. The van der Waals surface area contributed by atoms with E-state index in [-0.39, 0.29) is 4.90 Å². The Balaban J connectivity index is 1.88. The van der Waals surface area contributed by atoms with Crippen LogP contribution in [-0.2, 0) is 10.0 Å². The van der Waals surface area contributed by atoms with Crippen LogP contribution < -0.4 is 14.4 Å². The van der Waals surface area contributed by atoms with Gasteiger partial charge < -0.3 is 14.5 Å². The fourth-order valence-electron chi connectivity index (χ4n) is 2.90. The second-order valence-electron chi connectivity index (χ2n) is 6.24. The minimum Gasteiger partial charge on any atom is -0.495 e. The van der Waals surface area contributed by atoms with Crippen LogP contribution in [-0.4, -0.2) is 53.7 Å². The lowest BCUT2D eigenvalue weighted by molar-refractivity contribution is 0.311. The Morgan fingerprint density at radius 3 is 2.46 bits per heavy atom. The van der Waals surface area contributed by atoms with Crippen molar-refractivity contribution in [3.63, 3.8) is 0 Å². The number of anilines is 2. The average Bonchev–Trinajstić information content (AvgIpc) is 2.62. The second kappa shape index (κ2) is 7.51. The lowest BCUT2D eigenvalue weighted by atomic mass is 10.2. The highest BCUT2D eigenvalue weighted by Crippen LogP contribution is 2.32. The molecule has 1 fully saturated rings. The molecule has 0 amide bonds. The van der Waals surface area contributed by atoms with Crippen molar-refractivity contribution in [3.8, 4) is 5.75 Å². The van der Waals surface area contributed by atoms with E-state index in [0.717, 1.165) is 37.9 Å². The smallest absolute Gasteiger partial charge is 0.261 e. The third kappa shape index (κ3) is 4.08. The molecular formula is C18H22FN3O3S. The molecule has 140 valence electrons. The standard InChI is InChI=1S/C18H22FN3O3S/c1-21-8-10-22(11-9-21)17-13-15(6-7-18(17)25-2)20-26(23,24)16-5-3-4-14(19)12-16/h3-7,12-13,20H,8-11H2,1-2H3. The van der Waals surface area contributed by atoms with E-state index in [9.17, 15) is 12.8 Å². The van der Waals surface area contributed by atoms with Crippen LogP contribution in [0.25, 0.3) is 0 Å². The molecule has 1 aliphatic heterocycles. The number of nitrogens with zero attached hydrogens (tertiary/aromatic N) is 2. The molecule has 2 aromatic carbocycles. The third-order valence-electron chi connectivity index (χ3n) is 4.38. The van der Waals surface area contributed by atoms with Crippen molar-refractivity contribution >= 4 is 21.4 Å². The van der Waals surface area contributed by atoms with Crippen molar-refractivity contribution in [2.75, 3.05) is 50.0 Å². The predicted molar refractivity (Wildman–Crippen MR) is 99.9 cm³/mol. The summed E-state index contributed by atoms with van der Waals surface area (Å²) >= 11 is 0. The lowest BCUT2D eigenvalue weighted by Gasteiger charge is -2.35. The van der Waals surface area contributed by atoms with Crippen LogP contribution >= 0.6 is 0 Å². The molecule has 0 atom stereocenters. The summed E-state index contributed by atoms with van der Waals surface area (Å²) in [5.41, 5.74) is 1.24. The first-order valence-electron chi connectivity index (χ1n) is 8.29. The van der Waals surface area contributed by atoms with Crippen molar-refractivity contribution in [3.05, 3.63) is 48.3 Å². The van der Waals surface area contributed by atoms with Gasteiger partial charge in [0, 0.05) is 26.2 Å². The van der Waals surface area contributed by atoms with Gasteiger partial charge in [0.2, 0.25) is 0 Å². The van der Waals surface area contributed by atoms with Crippen LogP contribution in [0.4, 0.5) is 15.8 Å². The van der Waals surface area contributed by atoms with Crippen LogP contribution in [0.5, 0.6) is 5.75 Å². The maximum atomic E-state index is 13.4. The first-order valence-corrected chi connectivity index (χ1v) is 9.77. The van der Waals surface area contributed by atoms with Gasteiger partial charge in [-0.3, -0.25) is 4.72 Å².